The summed E-state index contributed by atoms with van der Waals surface area (Å²) in [7, 11) is 0. The van der Waals surface area contributed by atoms with E-state index in [1.807, 2.05) is 0 Å². The lowest BCUT2D eigenvalue weighted by Gasteiger charge is -2.16. The highest BCUT2D eigenvalue weighted by atomic mass is 16.7. The fourth-order valence-corrected chi connectivity index (χ4v) is 1.13. The van der Waals surface area contributed by atoms with E-state index < -0.39 is 24.4 Å². The number of hydrogen-bond acceptors (Lipinski definition) is 4. The zero-order chi connectivity index (χ0) is 9.84. The molecule has 0 aromatic carbocycles. The molecule has 6 heteroatoms. The number of amides is 1. The molecule has 0 spiro atoms. The Kier molecular flexibility index (Phi) is 3.07. The molecule has 13 heavy (non-hydrogen) atoms. The Labute approximate surface area is 74.8 Å². The minimum atomic E-state index is -1.19. The van der Waals surface area contributed by atoms with Crippen LogP contribution in [0, 0.1) is 0 Å². The van der Waals surface area contributed by atoms with Crippen LogP contribution < -0.4 is 5.32 Å². The van der Waals surface area contributed by atoms with E-state index in [0.29, 0.717) is 6.61 Å². The first-order valence-electron chi connectivity index (χ1n) is 3.94. The van der Waals surface area contributed by atoms with Crippen molar-refractivity contribution in [2.75, 3.05) is 6.61 Å². The van der Waals surface area contributed by atoms with Crippen molar-refractivity contribution in [3.05, 3.63) is 0 Å². The summed E-state index contributed by atoms with van der Waals surface area (Å²) in [6.45, 7) is 2.11. The van der Waals surface area contributed by atoms with Crippen molar-refractivity contribution >= 4 is 12.1 Å². The Hall–Kier alpha value is -1.30. The monoisotopic (exact) mass is 189 g/mol. The highest BCUT2D eigenvalue weighted by Gasteiger charge is 2.36. The average molecular weight is 189 g/mol. The summed E-state index contributed by atoms with van der Waals surface area (Å²) in [5.41, 5.74) is 0. The first-order valence-corrected chi connectivity index (χ1v) is 3.94. The van der Waals surface area contributed by atoms with Gasteiger partial charge in [0.2, 0.25) is 6.29 Å². The van der Waals surface area contributed by atoms with Gasteiger partial charge in [0.15, 0.2) is 0 Å². The van der Waals surface area contributed by atoms with Crippen molar-refractivity contribution in [2.45, 2.75) is 25.7 Å². The number of carbonyl (C=O) groups is 2. The SMILES string of the molecule is CCOC1OC(=O)CC1NC(=O)O. The molecule has 0 bridgehead atoms. The Balaban J connectivity index is 2.49. The zero-order valence-electron chi connectivity index (χ0n) is 7.15. The van der Waals surface area contributed by atoms with Gasteiger partial charge in [-0.05, 0) is 6.92 Å². The van der Waals surface area contributed by atoms with E-state index in [1.165, 1.54) is 0 Å². The van der Waals surface area contributed by atoms with Gasteiger partial charge in [0.1, 0.15) is 6.04 Å². The van der Waals surface area contributed by atoms with Crippen LogP contribution in [0.15, 0.2) is 0 Å². The number of carboxylic acid groups (broad SMARTS) is 1. The number of cyclic esters (lactones) is 1. The molecule has 0 aromatic rings. The van der Waals surface area contributed by atoms with Crippen LogP contribution in [0.1, 0.15) is 13.3 Å². The molecule has 1 rings (SSSR count). The summed E-state index contributed by atoms with van der Waals surface area (Å²) in [5, 5.41) is 10.6. The maximum Gasteiger partial charge on any atom is 0.405 e. The summed E-state index contributed by atoms with van der Waals surface area (Å²) in [6, 6.07) is -0.593. The van der Waals surface area contributed by atoms with Crippen LogP contribution in [0.2, 0.25) is 0 Å². The first-order chi connectivity index (χ1) is 6.13. The summed E-state index contributed by atoms with van der Waals surface area (Å²) in [4.78, 5) is 21.1. The van der Waals surface area contributed by atoms with Crippen molar-refractivity contribution in [1.82, 2.24) is 5.32 Å². The molecular weight excluding hydrogens is 178 g/mol. The van der Waals surface area contributed by atoms with Gasteiger partial charge >= 0.3 is 12.1 Å². The quantitative estimate of drug-likeness (QED) is 0.607. The third-order valence-corrected chi connectivity index (χ3v) is 1.60. The van der Waals surface area contributed by atoms with Gasteiger partial charge in [0, 0.05) is 6.61 Å². The van der Waals surface area contributed by atoms with Crippen LogP contribution in [0.3, 0.4) is 0 Å². The molecule has 2 atom stereocenters. The standard InChI is InChI=1S/C7H11NO5/c1-2-12-6-4(8-7(10)11)3-5(9)13-6/h4,6,8H,2-3H2,1H3,(H,10,11). The summed E-state index contributed by atoms with van der Waals surface area (Å²) in [6.07, 6.45) is -1.95. The molecule has 2 unspecified atom stereocenters. The maximum atomic E-state index is 10.8. The number of esters is 1. The number of carbonyl (C=O) groups excluding carboxylic acids is 1. The zero-order valence-corrected chi connectivity index (χ0v) is 7.15. The third-order valence-electron chi connectivity index (χ3n) is 1.60. The van der Waals surface area contributed by atoms with Crippen molar-refractivity contribution in [1.29, 1.82) is 0 Å². The Morgan fingerprint density at radius 1 is 1.85 bits per heavy atom. The second-order valence-electron chi connectivity index (χ2n) is 2.57. The molecule has 74 valence electrons. The average Bonchev–Trinajstić information content (AvgIpc) is 2.31. The molecule has 1 fully saturated rings. The van der Waals surface area contributed by atoms with Crippen LogP contribution in [0.4, 0.5) is 4.79 Å². The van der Waals surface area contributed by atoms with E-state index in [-0.39, 0.29) is 6.42 Å². The van der Waals surface area contributed by atoms with E-state index in [1.54, 1.807) is 6.92 Å². The lowest BCUT2D eigenvalue weighted by Crippen LogP contribution is -2.40. The Morgan fingerprint density at radius 3 is 3.08 bits per heavy atom. The third kappa shape index (κ3) is 2.59. The molecule has 2 N–H and O–H groups in total. The predicted molar refractivity (Wildman–Crippen MR) is 41.1 cm³/mol. The lowest BCUT2D eigenvalue weighted by atomic mass is 10.2. The second kappa shape index (κ2) is 4.08. The van der Waals surface area contributed by atoms with Gasteiger partial charge in [0.05, 0.1) is 6.42 Å². The molecule has 0 aliphatic carbocycles. The predicted octanol–water partition coefficient (Wildman–Crippen LogP) is -0.0679. The number of rotatable bonds is 3. The number of hydrogen-bond donors (Lipinski definition) is 2. The van der Waals surface area contributed by atoms with E-state index in [0.717, 1.165) is 0 Å². The van der Waals surface area contributed by atoms with Crippen molar-refractivity contribution in [3.63, 3.8) is 0 Å². The Morgan fingerprint density at radius 2 is 2.54 bits per heavy atom. The molecule has 1 aliphatic heterocycles. The second-order valence-corrected chi connectivity index (χ2v) is 2.57. The van der Waals surface area contributed by atoms with Gasteiger partial charge in [-0.25, -0.2) is 4.79 Å². The van der Waals surface area contributed by atoms with Gasteiger partial charge in [-0.1, -0.05) is 0 Å². The van der Waals surface area contributed by atoms with Crippen LogP contribution in [-0.2, 0) is 14.3 Å². The lowest BCUT2D eigenvalue weighted by molar-refractivity contribution is -0.163. The Bertz CT molecular complexity index is 217. The van der Waals surface area contributed by atoms with Crippen molar-refractivity contribution in [3.8, 4) is 0 Å². The largest absolute Gasteiger partial charge is 0.465 e. The van der Waals surface area contributed by atoms with Gasteiger partial charge in [-0.2, -0.15) is 0 Å². The smallest absolute Gasteiger partial charge is 0.405 e. The number of nitrogens with one attached hydrogen (secondary N) is 1. The molecular formula is C7H11NO5. The normalized spacial score (nSPS) is 27.0. The summed E-state index contributed by atoms with van der Waals surface area (Å²) < 4.78 is 9.75. The van der Waals surface area contributed by atoms with Crippen molar-refractivity contribution < 1.29 is 24.2 Å². The van der Waals surface area contributed by atoms with Gasteiger partial charge < -0.3 is 19.9 Å². The topological polar surface area (TPSA) is 84.9 Å². The molecule has 1 saturated heterocycles. The highest BCUT2D eigenvalue weighted by molar-refractivity contribution is 5.74. The molecule has 0 radical (unpaired) electrons. The molecule has 0 aromatic heterocycles. The van der Waals surface area contributed by atoms with Crippen LogP contribution in [0.5, 0.6) is 0 Å². The molecule has 1 aliphatic rings. The molecule has 6 nitrogen and oxygen atoms in total. The van der Waals surface area contributed by atoms with Crippen molar-refractivity contribution in [2.24, 2.45) is 0 Å². The first kappa shape index (κ1) is 9.79. The summed E-state index contributed by atoms with van der Waals surface area (Å²) in [5.74, 6) is -0.447. The van der Waals surface area contributed by atoms with Gasteiger partial charge in [0.25, 0.3) is 0 Å². The maximum absolute atomic E-state index is 10.8. The van der Waals surface area contributed by atoms with Crippen LogP contribution in [0.25, 0.3) is 0 Å². The summed E-state index contributed by atoms with van der Waals surface area (Å²) >= 11 is 0. The van der Waals surface area contributed by atoms with Crippen LogP contribution >= 0.6 is 0 Å². The van der Waals surface area contributed by atoms with E-state index in [9.17, 15) is 9.59 Å². The minimum Gasteiger partial charge on any atom is -0.465 e. The fourth-order valence-electron chi connectivity index (χ4n) is 1.13. The molecule has 1 amide bonds. The number of ether oxygens (including phenoxy) is 2. The molecule has 0 saturated carbocycles. The van der Waals surface area contributed by atoms with E-state index >= 15 is 0 Å². The van der Waals surface area contributed by atoms with E-state index in [2.05, 4.69) is 5.32 Å². The molecule has 1 heterocycles. The van der Waals surface area contributed by atoms with Gasteiger partial charge in [-0.15, -0.1) is 0 Å². The van der Waals surface area contributed by atoms with Gasteiger partial charge in [-0.3, -0.25) is 4.79 Å². The van der Waals surface area contributed by atoms with Crippen LogP contribution in [-0.4, -0.2) is 36.1 Å². The fraction of sp³-hybridized carbons (Fsp3) is 0.714. The minimum absolute atomic E-state index is 0.0248. The highest BCUT2D eigenvalue weighted by Crippen LogP contribution is 2.15. The van der Waals surface area contributed by atoms with E-state index in [4.69, 9.17) is 14.6 Å².